The fourth-order valence-corrected chi connectivity index (χ4v) is 3.27. The van der Waals surface area contributed by atoms with E-state index in [-0.39, 0.29) is 6.61 Å². The van der Waals surface area contributed by atoms with E-state index in [0.29, 0.717) is 11.6 Å². The van der Waals surface area contributed by atoms with Crippen molar-refractivity contribution in [2.24, 2.45) is 0 Å². The molecule has 0 aromatic carbocycles. The summed E-state index contributed by atoms with van der Waals surface area (Å²) in [6.07, 6.45) is 3.09. The zero-order chi connectivity index (χ0) is 11.6. The van der Waals surface area contributed by atoms with Gasteiger partial charge in [-0.3, -0.25) is 0 Å². The maximum Gasteiger partial charge on any atom is 0.225 e. The molecule has 1 aromatic heterocycles. The van der Waals surface area contributed by atoms with Crippen molar-refractivity contribution >= 4 is 13.1 Å². The average molecular weight is 241 g/mol. The first-order valence-corrected chi connectivity index (χ1v) is 7.86. The molecule has 0 spiro atoms. The van der Waals surface area contributed by atoms with E-state index in [1.165, 1.54) is 0 Å². The molecule has 2 heterocycles. The molecule has 1 aliphatic rings. The van der Waals surface area contributed by atoms with Gasteiger partial charge in [-0.15, -0.1) is 0 Å². The summed E-state index contributed by atoms with van der Waals surface area (Å²) in [4.78, 5) is 10.4. The van der Waals surface area contributed by atoms with Gasteiger partial charge in [0.1, 0.15) is 0 Å². The molecular formula is C10H16N3O2P. The topological polar surface area (TPSA) is 66.3 Å². The summed E-state index contributed by atoms with van der Waals surface area (Å²) < 4.78 is 11.8. The van der Waals surface area contributed by atoms with Crippen LogP contribution in [-0.4, -0.2) is 47.2 Å². The molecule has 0 bridgehead atoms. The number of aromatic nitrogens is 2. The molecule has 88 valence electrons. The lowest BCUT2D eigenvalue weighted by Crippen LogP contribution is -2.35. The monoisotopic (exact) mass is 241 g/mol. The Kier molecular flexibility index (Phi) is 3.26. The molecule has 0 amide bonds. The highest BCUT2D eigenvalue weighted by Gasteiger charge is 2.25. The van der Waals surface area contributed by atoms with Crippen molar-refractivity contribution in [3.63, 3.8) is 0 Å². The van der Waals surface area contributed by atoms with E-state index in [1.807, 2.05) is 11.6 Å². The minimum absolute atomic E-state index is 0.0738. The van der Waals surface area contributed by atoms with E-state index in [4.69, 9.17) is 5.11 Å². The van der Waals surface area contributed by atoms with Crippen LogP contribution in [0.5, 0.6) is 0 Å². The molecule has 16 heavy (non-hydrogen) atoms. The lowest BCUT2D eigenvalue weighted by Gasteiger charge is -2.30. The number of anilines is 1. The van der Waals surface area contributed by atoms with Gasteiger partial charge in [0.2, 0.25) is 5.95 Å². The zero-order valence-electron chi connectivity index (χ0n) is 9.33. The number of aliphatic hydroxyl groups is 1. The molecule has 5 nitrogen and oxygen atoms in total. The highest BCUT2D eigenvalue weighted by atomic mass is 31.2. The molecular weight excluding hydrogens is 225 g/mol. The lowest BCUT2D eigenvalue weighted by molar-refractivity contribution is 0.276. The van der Waals surface area contributed by atoms with Gasteiger partial charge in [-0.1, -0.05) is 0 Å². The molecule has 1 fully saturated rings. The van der Waals surface area contributed by atoms with Gasteiger partial charge < -0.3 is 14.6 Å². The standard InChI is InChI=1S/C10H16N3O2P/c1-16(15)6-4-13(5-7-16)10-11-3-2-9(8-14)12-10/h2-3,14H,4-8H2,1H3. The number of hydrogen-bond acceptors (Lipinski definition) is 5. The molecule has 0 radical (unpaired) electrons. The predicted octanol–water partition coefficient (Wildman–Crippen LogP) is 0.782. The number of hydrogen-bond donors (Lipinski definition) is 1. The first-order valence-electron chi connectivity index (χ1n) is 5.34. The van der Waals surface area contributed by atoms with Crippen LogP contribution in [-0.2, 0) is 11.2 Å². The van der Waals surface area contributed by atoms with E-state index in [0.717, 1.165) is 25.4 Å². The average Bonchev–Trinajstić information content (AvgIpc) is 2.29. The molecule has 6 heteroatoms. The maximum absolute atomic E-state index is 11.8. The predicted molar refractivity (Wildman–Crippen MR) is 63.4 cm³/mol. The van der Waals surface area contributed by atoms with Gasteiger partial charge >= 0.3 is 0 Å². The number of aliphatic hydroxyl groups excluding tert-OH is 1. The van der Waals surface area contributed by atoms with Crippen LogP contribution in [0.4, 0.5) is 5.95 Å². The Hall–Kier alpha value is -0.930. The summed E-state index contributed by atoms with van der Waals surface area (Å²) in [6.45, 7) is 3.26. The summed E-state index contributed by atoms with van der Waals surface area (Å²) in [5, 5.41) is 8.99. The quantitative estimate of drug-likeness (QED) is 0.775. The van der Waals surface area contributed by atoms with Gasteiger partial charge in [-0.25, -0.2) is 9.97 Å². The van der Waals surface area contributed by atoms with Gasteiger partial charge in [0.05, 0.1) is 19.4 Å². The van der Waals surface area contributed by atoms with Crippen LogP contribution in [0, 0.1) is 0 Å². The van der Waals surface area contributed by atoms with Crippen molar-refractivity contribution in [1.29, 1.82) is 0 Å². The van der Waals surface area contributed by atoms with Crippen molar-refractivity contribution in [3.05, 3.63) is 18.0 Å². The van der Waals surface area contributed by atoms with Crippen LogP contribution in [0.15, 0.2) is 12.3 Å². The van der Waals surface area contributed by atoms with Crippen molar-refractivity contribution in [2.45, 2.75) is 6.61 Å². The van der Waals surface area contributed by atoms with Gasteiger partial charge in [0.15, 0.2) is 0 Å². The highest BCUT2D eigenvalue weighted by Crippen LogP contribution is 2.43. The summed E-state index contributed by atoms with van der Waals surface area (Å²) in [6, 6.07) is 1.69. The Morgan fingerprint density at radius 2 is 2.19 bits per heavy atom. The van der Waals surface area contributed by atoms with E-state index < -0.39 is 7.14 Å². The summed E-state index contributed by atoms with van der Waals surface area (Å²) in [5.41, 5.74) is 0.621. The van der Waals surface area contributed by atoms with Gasteiger partial charge in [0, 0.05) is 31.6 Å². The van der Waals surface area contributed by atoms with Gasteiger partial charge in [-0.05, 0) is 12.7 Å². The molecule has 0 saturated carbocycles. The molecule has 1 aromatic rings. The second kappa shape index (κ2) is 4.52. The molecule has 0 atom stereocenters. The van der Waals surface area contributed by atoms with Crippen molar-refractivity contribution in [2.75, 3.05) is 37.0 Å². The third-order valence-electron chi connectivity index (χ3n) is 2.83. The van der Waals surface area contributed by atoms with Gasteiger partial charge in [0.25, 0.3) is 0 Å². The third kappa shape index (κ3) is 2.60. The molecule has 0 unspecified atom stereocenters. The van der Waals surface area contributed by atoms with Crippen LogP contribution >= 0.6 is 7.14 Å². The first kappa shape index (κ1) is 11.6. The fraction of sp³-hybridized carbons (Fsp3) is 0.600. The first-order chi connectivity index (χ1) is 7.61. The van der Waals surface area contributed by atoms with E-state index in [2.05, 4.69) is 9.97 Å². The van der Waals surface area contributed by atoms with Crippen LogP contribution in [0.2, 0.25) is 0 Å². The lowest BCUT2D eigenvalue weighted by atomic mass is 10.4. The largest absolute Gasteiger partial charge is 0.390 e. The SMILES string of the molecule is CP1(=O)CCN(c2nccc(CO)n2)CC1. The van der Waals surface area contributed by atoms with E-state index in [1.54, 1.807) is 12.3 Å². The van der Waals surface area contributed by atoms with Crippen LogP contribution in [0.1, 0.15) is 5.69 Å². The van der Waals surface area contributed by atoms with Crippen molar-refractivity contribution < 1.29 is 9.67 Å². The summed E-state index contributed by atoms with van der Waals surface area (Å²) in [5.74, 6) is 0.631. The zero-order valence-corrected chi connectivity index (χ0v) is 10.2. The van der Waals surface area contributed by atoms with Crippen molar-refractivity contribution in [3.8, 4) is 0 Å². The Morgan fingerprint density at radius 3 is 2.81 bits per heavy atom. The van der Waals surface area contributed by atoms with Gasteiger partial charge in [-0.2, -0.15) is 0 Å². The molecule has 2 rings (SSSR count). The van der Waals surface area contributed by atoms with Crippen LogP contribution in [0.3, 0.4) is 0 Å². The smallest absolute Gasteiger partial charge is 0.225 e. The Bertz CT molecular complexity index is 412. The summed E-state index contributed by atoms with van der Waals surface area (Å²) >= 11 is 0. The highest BCUT2D eigenvalue weighted by molar-refractivity contribution is 7.63. The van der Waals surface area contributed by atoms with Crippen molar-refractivity contribution in [1.82, 2.24) is 9.97 Å². The minimum atomic E-state index is -1.91. The normalized spacial score (nSPS) is 19.8. The van der Waals surface area contributed by atoms with Crippen LogP contribution < -0.4 is 4.90 Å². The second-order valence-electron chi connectivity index (χ2n) is 4.24. The molecule has 0 aliphatic carbocycles. The molecule has 1 N–H and O–H groups in total. The number of rotatable bonds is 2. The van der Waals surface area contributed by atoms with Crippen LogP contribution in [0.25, 0.3) is 0 Å². The van der Waals surface area contributed by atoms with E-state index >= 15 is 0 Å². The maximum atomic E-state index is 11.8. The fourth-order valence-electron chi connectivity index (χ4n) is 1.71. The number of nitrogens with zero attached hydrogens (tertiary/aromatic N) is 3. The Balaban J connectivity index is 2.11. The van der Waals surface area contributed by atoms with E-state index in [9.17, 15) is 4.57 Å². The third-order valence-corrected chi connectivity index (χ3v) is 5.12. The second-order valence-corrected chi connectivity index (χ2v) is 7.73. The summed E-state index contributed by atoms with van der Waals surface area (Å²) in [7, 11) is -1.91. The Labute approximate surface area is 94.9 Å². The molecule has 1 saturated heterocycles. The molecule has 1 aliphatic heterocycles. The minimum Gasteiger partial charge on any atom is -0.390 e. The Morgan fingerprint density at radius 1 is 1.50 bits per heavy atom.